The molecule has 1 aromatic heterocycles. The Bertz CT molecular complexity index is 336. The molecule has 2 N–H and O–H groups in total. The van der Waals surface area contributed by atoms with Gasteiger partial charge in [-0.3, -0.25) is 9.67 Å². The molecule has 0 bridgehead atoms. The zero-order valence-corrected chi connectivity index (χ0v) is 9.28. The van der Waals surface area contributed by atoms with E-state index in [0.717, 1.165) is 11.3 Å². The van der Waals surface area contributed by atoms with E-state index in [9.17, 15) is 0 Å². The average molecular weight is 194 g/mol. The number of hydrogen-bond donors (Lipinski definition) is 1. The zero-order chi connectivity index (χ0) is 10.7. The first-order chi connectivity index (χ1) is 6.52. The molecule has 0 fully saturated rings. The number of amidine groups is 1. The molecule has 0 aromatic carbocycles. The van der Waals surface area contributed by atoms with Crippen LogP contribution in [0.5, 0.6) is 0 Å². The topological polar surface area (TPSA) is 56.2 Å². The van der Waals surface area contributed by atoms with Crippen LogP contribution in [0.1, 0.15) is 25.1 Å². The summed E-state index contributed by atoms with van der Waals surface area (Å²) in [6.07, 6.45) is 1.84. The Morgan fingerprint density at radius 2 is 2.29 bits per heavy atom. The highest BCUT2D eigenvalue weighted by Gasteiger charge is 2.03. The van der Waals surface area contributed by atoms with E-state index in [4.69, 9.17) is 5.73 Å². The summed E-state index contributed by atoms with van der Waals surface area (Å²) in [5.41, 5.74) is 8.02. The monoisotopic (exact) mass is 194 g/mol. The van der Waals surface area contributed by atoms with Gasteiger partial charge in [-0.1, -0.05) is 13.8 Å². The molecule has 1 heterocycles. The molecule has 1 rings (SSSR count). The molecule has 0 amide bonds. The molecule has 0 saturated carbocycles. The van der Waals surface area contributed by atoms with Gasteiger partial charge in [-0.2, -0.15) is 5.10 Å². The third-order valence-corrected chi connectivity index (χ3v) is 2.36. The van der Waals surface area contributed by atoms with E-state index < -0.39 is 0 Å². The maximum absolute atomic E-state index is 5.74. The van der Waals surface area contributed by atoms with Gasteiger partial charge in [-0.15, -0.1) is 0 Å². The van der Waals surface area contributed by atoms with Crippen LogP contribution in [0.2, 0.25) is 0 Å². The highest BCUT2D eigenvalue weighted by molar-refractivity contribution is 5.82. The van der Waals surface area contributed by atoms with E-state index in [-0.39, 0.29) is 0 Å². The van der Waals surface area contributed by atoms with Crippen LogP contribution in [0.15, 0.2) is 11.2 Å². The molecule has 0 atom stereocenters. The summed E-state index contributed by atoms with van der Waals surface area (Å²) in [7, 11) is 1.92. The first kappa shape index (κ1) is 10.8. The highest BCUT2D eigenvalue weighted by Crippen LogP contribution is 2.07. The molecule has 0 spiro atoms. The second-order valence-corrected chi connectivity index (χ2v) is 3.77. The van der Waals surface area contributed by atoms with Crippen molar-refractivity contribution in [3.8, 4) is 0 Å². The molecule has 78 valence electrons. The zero-order valence-electron chi connectivity index (χ0n) is 9.28. The number of nitrogens with zero attached hydrogens (tertiary/aromatic N) is 3. The fourth-order valence-electron chi connectivity index (χ4n) is 1.06. The molecule has 14 heavy (non-hydrogen) atoms. The molecule has 1 aromatic rings. The Balaban J connectivity index is 2.71. The van der Waals surface area contributed by atoms with Crippen LogP contribution in [0, 0.1) is 12.8 Å². The highest BCUT2D eigenvalue weighted by atomic mass is 15.3. The Morgan fingerprint density at radius 3 is 2.71 bits per heavy atom. The van der Waals surface area contributed by atoms with Gasteiger partial charge in [-0.25, -0.2) is 0 Å². The van der Waals surface area contributed by atoms with Gasteiger partial charge in [0.2, 0.25) is 0 Å². The van der Waals surface area contributed by atoms with Gasteiger partial charge in [0.15, 0.2) is 0 Å². The number of hydrogen-bond acceptors (Lipinski definition) is 2. The lowest BCUT2D eigenvalue weighted by Crippen LogP contribution is -2.18. The van der Waals surface area contributed by atoms with Crippen LogP contribution in [-0.2, 0) is 13.6 Å². The number of aliphatic imine (C=N–C) groups is 1. The summed E-state index contributed by atoms with van der Waals surface area (Å²) >= 11 is 0. The van der Waals surface area contributed by atoms with Gasteiger partial charge >= 0.3 is 0 Å². The number of aromatic nitrogens is 2. The summed E-state index contributed by atoms with van der Waals surface area (Å²) in [6, 6.07) is 0. The third kappa shape index (κ3) is 2.34. The van der Waals surface area contributed by atoms with Crippen LogP contribution < -0.4 is 5.73 Å². The molecule has 0 unspecified atom stereocenters. The minimum absolute atomic E-state index is 0.312. The van der Waals surface area contributed by atoms with E-state index in [1.807, 2.05) is 38.7 Å². The number of aryl methyl sites for hydroxylation is 1. The van der Waals surface area contributed by atoms with Gasteiger partial charge in [0.1, 0.15) is 0 Å². The number of nitrogens with two attached hydrogens (primary N) is 1. The van der Waals surface area contributed by atoms with Crippen LogP contribution in [0.4, 0.5) is 0 Å². The van der Waals surface area contributed by atoms with Crippen molar-refractivity contribution in [1.29, 1.82) is 0 Å². The van der Waals surface area contributed by atoms with Crippen LogP contribution in [0.3, 0.4) is 0 Å². The molecule has 4 heteroatoms. The van der Waals surface area contributed by atoms with E-state index >= 15 is 0 Å². The Labute approximate surface area is 84.8 Å². The van der Waals surface area contributed by atoms with E-state index in [0.29, 0.717) is 18.3 Å². The minimum Gasteiger partial charge on any atom is -0.387 e. The predicted octanol–water partition coefficient (Wildman–Crippen LogP) is 1.24. The van der Waals surface area contributed by atoms with Crippen molar-refractivity contribution >= 4 is 5.84 Å². The van der Waals surface area contributed by atoms with Crippen molar-refractivity contribution in [2.45, 2.75) is 27.3 Å². The molecular formula is C10H18N4. The van der Waals surface area contributed by atoms with E-state index in [1.165, 1.54) is 0 Å². The standard InChI is InChI=1S/C10H18N4/c1-7(2)10(11)12-5-9-6-13-14(4)8(9)3/h6-7H,5H2,1-4H3,(H2,11,12). The van der Waals surface area contributed by atoms with Crippen molar-refractivity contribution in [2.75, 3.05) is 0 Å². The lowest BCUT2D eigenvalue weighted by Gasteiger charge is -2.03. The summed E-state index contributed by atoms with van der Waals surface area (Å²) in [5.74, 6) is 1.01. The quantitative estimate of drug-likeness (QED) is 0.581. The van der Waals surface area contributed by atoms with Gasteiger partial charge in [0, 0.05) is 24.2 Å². The van der Waals surface area contributed by atoms with Gasteiger partial charge in [0.05, 0.1) is 18.6 Å². The van der Waals surface area contributed by atoms with Crippen molar-refractivity contribution < 1.29 is 0 Å². The average Bonchev–Trinajstić information content (AvgIpc) is 2.44. The lowest BCUT2D eigenvalue weighted by atomic mass is 10.2. The fraction of sp³-hybridized carbons (Fsp3) is 0.600. The van der Waals surface area contributed by atoms with Crippen molar-refractivity contribution in [2.24, 2.45) is 23.7 Å². The predicted molar refractivity (Wildman–Crippen MR) is 58.1 cm³/mol. The molecule has 0 saturated heterocycles. The fourth-order valence-corrected chi connectivity index (χ4v) is 1.06. The normalized spacial score (nSPS) is 12.5. The Morgan fingerprint density at radius 1 is 1.64 bits per heavy atom. The van der Waals surface area contributed by atoms with Crippen molar-refractivity contribution in [1.82, 2.24) is 9.78 Å². The molecule has 0 radical (unpaired) electrons. The summed E-state index contributed by atoms with van der Waals surface area (Å²) in [5, 5.41) is 4.15. The second kappa shape index (κ2) is 4.26. The maximum atomic E-state index is 5.74. The summed E-state index contributed by atoms with van der Waals surface area (Å²) < 4.78 is 1.84. The summed E-state index contributed by atoms with van der Waals surface area (Å²) in [6.45, 7) is 6.73. The van der Waals surface area contributed by atoms with Crippen LogP contribution >= 0.6 is 0 Å². The smallest absolute Gasteiger partial charge is 0.0967 e. The molecular weight excluding hydrogens is 176 g/mol. The molecule has 0 aliphatic heterocycles. The van der Waals surface area contributed by atoms with E-state index in [2.05, 4.69) is 10.1 Å². The van der Waals surface area contributed by atoms with Gasteiger partial charge < -0.3 is 5.73 Å². The van der Waals surface area contributed by atoms with Crippen molar-refractivity contribution in [3.63, 3.8) is 0 Å². The third-order valence-electron chi connectivity index (χ3n) is 2.36. The first-order valence-electron chi connectivity index (χ1n) is 4.79. The van der Waals surface area contributed by atoms with Crippen LogP contribution in [0.25, 0.3) is 0 Å². The minimum atomic E-state index is 0.312. The lowest BCUT2D eigenvalue weighted by molar-refractivity contribution is 0.737. The molecule has 0 aliphatic carbocycles. The number of rotatable bonds is 3. The van der Waals surface area contributed by atoms with Gasteiger partial charge in [-0.05, 0) is 6.92 Å². The maximum Gasteiger partial charge on any atom is 0.0967 e. The molecule has 0 aliphatic rings. The second-order valence-electron chi connectivity index (χ2n) is 3.77. The largest absolute Gasteiger partial charge is 0.387 e. The van der Waals surface area contributed by atoms with Crippen LogP contribution in [-0.4, -0.2) is 15.6 Å². The summed E-state index contributed by atoms with van der Waals surface area (Å²) in [4.78, 5) is 4.31. The van der Waals surface area contributed by atoms with Gasteiger partial charge in [0.25, 0.3) is 0 Å². The molecule has 4 nitrogen and oxygen atoms in total. The van der Waals surface area contributed by atoms with E-state index in [1.54, 1.807) is 0 Å². The Hall–Kier alpha value is -1.32. The SMILES string of the molecule is Cc1c(CN=C(N)C(C)C)cnn1C. The Kier molecular flexibility index (Phi) is 3.28. The van der Waals surface area contributed by atoms with Crippen molar-refractivity contribution in [3.05, 3.63) is 17.5 Å². The first-order valence-corrected chi connectivity index (χ1v) is 4.79.